The van der Waals surface area contributed by atoms with E-state index in [2.05, 4.69) is 15.9 Å². The fraction of sp³-hybridized carbons (Fsp3) is 0.200. The highest BCUT2D eigenvalue weighted by Gasteiger charge is 2.15. The van der Waals surface area contributed by atoms with Crippen molar-refractivity contribution in [2.45, 2.75) is 12.4 Å². The molecule has 0 aromatic heterocycles. The molecular weight excluding hydrogens is 348 g/mol. The highest BCUT2D eigenvalue weighted by atomic mass is 79.9. The van der Waals surface area contributed by atoms with Gasteiger partial charge >= 0.3 is 0 Å². The lowest BCUT2D eigenvalue weighted by atomic mass is 10.1. The van der Waals surface area contributed by atoms with Crippen LogP contribution in [0.25, 0.3) is 0 Å². The molecule has 106 valence electrons. The number of alkyl halides is 1. The van der Waals surface area contributed by atoms with Crippen molar-refractivity contribution in [3.8, 4) is 0 Å². The molecule has 2 rings (SSSR count). The zero-order valence-corrected chi connectivity index (χ0v) is 13.2. The first-order valence-electron chi connectivity index (χ1n) is 6.00. The maximum absolute atomic E-state index is 14.0. The Morgan fingerprint density at radius 2 is 1.75 bits per heavy atom. The Kier molecular flexibility index (Phi) is 5.00. The van der Waals surface area contributed by atoms with Crippen LogP contribution in [-0.2, 0) is 12.4 Å². The van der Waals surface area contributed by atoms with Crippen molar-refractivity contribution < 1.29 is 8.78 Å². The molecule has 0 saturated heterocycles. The second kappa shape index (κ2) is 6.55. The number of anilines is 1. The Bertz CT molecular complexity index is 596. The number of benzene rings is 2. The van der Waals surface area contributed by atoms with Gasteiger partial charge in [-0.3, -0.25) is 0 Å². The van der Waals surface area contributed by atoms with Gasteiger partial charge in [0.1, 0.15) is 17.3 Å². The van der Waals surface area contributed by atoms with E-state index in [1.54, 1.807) is 11.9 Å². The van der Waals surface area contributed by atoms with Gasteiger partial charge < -0.3 is 4.90 Å². The van der Waals surface area contributed by atoms with Gasteiger partial charge in [0, 0.05) is 23.9 Å². The van der Waals surface area contributed by atoms with E-state index in [1.807, 2.05) is 24.3 Å². The summed E-state index contributed by atoms with van der Waals surface area (Å²) in [5.41, 5.74) is 1.35. The first-order chi connectivity index (χ1) is 9.51. The predicted molar refractivity (Wildman–Crippen MR) is 82.2 cm³/mol. The minimum atomic E-state index is -0.599. The minimum Gasteiger partial charge on any atom is -0.366 e. The molecule has 2 aromatic carbocycles. The second-order valence-electron chi connectivity index (χ2n) is 4.53. The molecule has 0 atom stereocenters. The van der Waals surface area contributed by atoms with Crippen molar-refractivity contribution in [3.63, 3.8) is 0 Å². The average molecular weight is 361 g/mol. The molecule has 0 N–H and O–H groups in total. The maximum Gasteiger partial charge on any atom is 0.149 e. The van der Waals surface area contributed by atoms with Crippen LogP contribution in [-0.4, -0.2) is 7.05 Å². The van der Waals surface area contributed by atoms with E-state index < -0.39 is 11.6 Å². The average Bonchev–Trinajstić information content (AvgIpc) is 2.37. The van der Waals surface area contributed by atoms with Gasteiger partial charge in [0.15, 0.2) is 0 Å². The molecule has 1 nitrogen and oxygen atoms in total. The van der Waals surface area contributed by atoms with Crippen LogP contribution < -0.4 is 4.90 Å². The number of halogens is 4. The highest BCUT2D eigenvalue weighted by molar-refractivity contribution is 9.10. The largest absolute Gasteiger partial charge is 0.366 e. The van der Waals surface area contributed by atoms with Gasteiger partial charge in [-0.15, -0.1) is 11.6 Å². The van der Waals surface area contributed by atoms with Crippen molar-refractivity contribution >= 4 is 33.2 Å². The zero-order chi connectivity index (χ0) is 14.7. The highest BCUT2D eigenvalue weighted by Crippen LogP contribution is 2.26. The number of rotatable bonds is 4. The first kappa shape index (κ1) is 15.3. The summed E-state index contributed by atoms with van der Waals surface area (Å²) >= 11 is 8.97. The van der Waals surface area contributed by atoms with Crippen LogP contribution in [0.5, 0.6) is 0 Å². The van der Waals surface area contributed by atoms with E-state index in [9.17, 15) is 8.78 Å². The van der Waals surface area contributed by atoms with Gasteiger partial charge in [0.25, 0.3) is 0 Å². The molecule has 20 heavy (non-hydrogen) atoms. The van der Waals surface area contributed by atoms with Gasteiger partial charge in [0.05, 0.1) is 0 Å². The summed E-state index contributed by atoms with van der Waals surface area (Å²) in [7, 11) is 1.66. The van der Waals surface area contributed by atoms with Crippen molar-refractivity contribution in [1.29, 1.82) is 0 Å². The lowest BCUT2D eigenvalue weighted by molar-refractivity contribution is 0.574. The summed E-state index contributed by atoms with van der Waals surface area (Å²) in [5.74, 6) is -1.11. The summed E-state index contributed by atoms with van der Waals surface area (Å²) in [5, 5.41) is 0. The SMILES string of the molecule is CN(Cc1cccc(Br)c1)c1c(F)cc(CCl)cc1F. The van der Waals surface area contributed by atoms with Crippen molar-refractivity contribution in [1.82, 2.24) is 0 Å². The monoisotopic (exact) mass is 359 g/mol. The number of nitrogens with zero attached hydrogens (tertiary/aromatic N) is 1. The topological polar surface area (TPSA) is 3.24 Å². The second-order valence-corrected chi connectivity index (χ2v) is 5.71. The van der Waals surface area contributed by atoms with E-state index in [-0.39, 0.29) is 11.6 Å². The minimum absolute atomic E-state index is 0.0427. The van der Waals surface area contributed by atoms with Crippen molar-refractivity contribution in [2.75, 3.05) is 11.9 Å². The van der Waals surface area contributed by atoms with Crippen molar-refractivity contribution in [3.05, 3.63) is 63.6 Å². The van der Waals surface area contributed by atoms with Gasteiger partial charge in [0.2, 0.25) is 0 Å². The van der Waals surface area contributed by atoms with Crippen LogP contribution in [0.4, 0.5) is 14.5 Å². The molecule has 0 bridgehead atoms. The van der Waals surface area contributed by atoms with Gasteiger partial charge in [-0.05, 0) is 35.4 Å². The first-order valence-corrected chi connectivity index (χ1v) is 7.33. The molecule has 0 aliphatic rings. The Balaban J connectivity index is 2.27. The Labute approximate surface area is 130 Å². The third kappa shape index (κ3) is 3.49. The Hall–Kier alpha value is -1.13. The molecular formula is C15H13BrClF2N. The predicted octanol–water partition coefficient (Wildman–Crippen LogP) is 5.10. The van der Waals surface area contributed by atoms with E-state index in [0.717, 1.165) is 10.0 Å². The Morgan fingerprint density at radius 3 is 2.30 bits per heavy atom. The summed E-state index contributed by atoms with van der Waals surface area (Å²) in [6, 6.07) is 10.1. The van der Waals surface area contributed by atoms with Crippen LogP contribution in [0, 0.1) is 11.6 Å². The summed E-state index contributed by atoms with van der Waals surface area (Å²) < 4.78 is 28.9. The molecule has 0 saturated carbocycles. The maximum atomic E-state index is 14.0. The molecule has 0 aliphatic heterocycles. The van der Waals surface area contributed by atoms with E-state index >= 15 is 0 Å². The van der Waals surface area contributed by atoms with Crippen LogP contribution in [0.1, 0.15) is 11.1 Å². The molecule has 0 aliphatic carbocycles. The van der Waals surface area contributed by atoms with Crippen LogP contribution in [0.15, 0.2) is 40.9 Å². The fourth-order valence-corrected chi connectivity index (χ4v) is 2.65. The molecule has 0 heterocycles. The number of hydrogen-bond acceptors (Lipinski definition) is 1. The number of hydrogen-bond donors (Lipinski definition) is 0. The van der Waals surface area contributed by atoms with Gasteiger partial charge in [-0.1, -0.05) is 28.1 Å². The van der Waals surface area contributed by atoms with Crippen LogP contribution in [0.3, 0.4) is 0 Å². The van der Waals surface area contributed by atoms with E-state index in [4.69, 9.17) is 11.6 Å². The van der Waals surface area contributed by atoms with Gasteiger partial charge in [-0.2, -0.15) is 0 Å². The molecule has 0 unspecified atom stereocenters. The summed E-state index contributed by atoms with van der Waals surface area (Å²) in [6.45, 7) is 0.410. The van der Waals surface area contributed by atoms with E-state index in [0.29, 0.717) is 12.1 Å². The van der Waals surface area contributed by atoms with Crippen LogP contribution in [0.2, 0.25) is 0 Å². The van der Waals surface area contributed by atoms with Gasteiger partial charge in [-0.25, -0.2) is 8.78 Å². The molecule has 0 fully saturated rings. The summed E-state index contributed by atoms with van der Waals surface area (Å²) in [6.07, 6.45) is 0. The normalized spacial score (nSPS) is 10.7. The van der Waals surface area contributed by atoms with Crippen molar-refractivity contribution in [2.24, 2.45) is 0 Å². The lowest BCUT2D eigenvalue weighted by Gasteiger charge is -2.21. The third-order valence-electron chi connectivity index (χ3n) is 2.92. The zero-order valence-electron chi connectivity index (χ0n) is 10.8. The molecule has 2 aromatic rings. The molecule has 0 radical (unpaired) electrons. The molecule has 0 spiro atoms. The molecule has 0 amide bonds. The van der Waals surface area contributed by atoms with E-state index in [1.165, 1.54) is 12.1 Å². The smallest absolute Gasteiger partial charge is 0.149 e. The lowest BCUT2D eigenvalue weighted by Crippen LogP contribution is -2.19. The third-order valence-corrected chi connectivity index (χ3v) is 3.72. The fourth-order valence-electron chi connectivity index (χ4n) is 2.05. The quantitative estimate of drug-likeness (QED) is 0.685. The molecule has 5 heteroatoms. The standard InChI is InChI=1S/C15H13BrClF2N/c1-20(9-10-3-2-4-12(16)5-10)15-13(18)6-11(8-17)7-14(15)19/h2-7H,8-9H2,1H3. The summed E-state index contributed by atoms with van der Waals surface area (Å²) in [4.78, 5) is 1.55. The Morgan fingerprint density at radius 1 is 1.10 bits per heavy atom. The van der Waals surface area contributed by atoms with Crippen LogP contribution >= 0.6 is 27.5 Å².